The summed E-state index contributed by atoms with van der Waals surface area (Å²) in [6.45, 7) is 20.8. The summed E-state index contributed by atoms with van der Waals surface area (Å²) >= 11 is 0. The van der Waals surface area contributed by atoms with Gasteiger partial charge in [-0.25, -0.2) is 4.79 Å². The maximum atomic E-state index is 12.0. The van der Waals surface area contributed by atoms with E-state index < -0.39 is 5.60 Å². The predicted octanol–water partition coefficient (Wildman–Crippen LogP) is 2.88. The SMILES string of the molecule is CCCCC(CNC(=O)OC(C)(C)C)NC(=NCCN1CCN(CC)CC1)NCC.I. The first-order chi connectivity index (χ1) is 14.3. The number of carbonyl (C=O) groups is 1. The highest BCUT2D eigenvalue weighted by atomic mass is 127. The maximum absolute atomic E-state index is 12.0. The van der Waals surface area contributed by atoms with Crippen LogP contribution < -0.4 is 16.0 Å². The molecule has 1 atom stereocenters. The van der Waals surface area contributed by atoms with E-state index in [0.717, 1.165) is 77.6 Å². The van der Waals surface area contributed by atoms with Gasteiger partial charge in [0.15, 0.2) is 5.96 Å². The molecule has 31 heavy (non-hydrogen) atoms. The standard InChI is InChI=1S/C22H46N6O2.HI/c1-7-10-11-19(18-25-21(29)30-22(4,5)6)26-20(23-8-2)24-12-13-28-16-14-27(9-3)15-17-28;/h19H,7-18H2,1-6H3,(H,25,29)(H2,23,24,26);1H. The number of nitrogens with one attached hydrogen (secondary N) is 3. The number of aliphatic imine (C=N–C) groups is 1. The van der Waals surface area contributed by atoms with E-state index in [2.05, 4.69) is 46.5 Å². The molecule has 1 saturated heterocycles. The average molecular weight is 555 g/mol. The zero-order valence-electron chi connectivity index (χ0n) is 20.6. The van der Waals surface area contributed by atoms with Crippen molar-refractivity contribution in [1.29, 1.82) is 0 Å². The number of hydrogen-bond donors (Lipinski definition) is 3. The minimum atomic E-state index is -0.491. The Hall–Kier alpha value is -0.810. The first-order valence-corrected chi connectivity index (χ1v) is 11.7. The molecule has 1 aliphatic rings. The van der Waals surface area contributed by atoms with E-state index in [9.17, 15) is 4.79 Å². The van der Waals surface area contributed by atoms with Crippen molar-refractivity contribution in [2.24, 2.45) is 4.99 Å². The number of alkyl carbamates (subject to hydrolysis) is 1. The van der Waals surface area contributed by atoms with Crippen LogP contribution in [-0.2, 0) is 4.74 Å². The normalized spacial score (nSPS) is 16.9. The lowest BCUT2D eigenvalue weighted by Gasteiger charge is -2.33. The van der Waals surface area contributed by atoms with Gasteiger partial charge < -0.3 is 25.6 Å². The second kappa shape index (κ2) is 16.8. The number of guanidine groups is 1. The molecule has 0 radical (unpaired) electrons. The number of halogens is 1. The fourth-order valence-corrected chi connectivity index (χ4v) is 3.34. The molecule has 1 rings (SSSR count). The molecule has 184 valence electrons. The number of amides is 1. The lowest BCUT2D eigenvalue weighted by atomic mass is 10.1. The minimum absolute atomic E-state index is 0. The summed E-state index contributed by atoms with van der Waals surface area (Å²) in [5.74, 6) is 0.816. The van der Waals surface area contributed by atoms with E-state index in [4.69, 9.17) is 9.73 Å². The molecule has 1 aliphatic heterocycles. The number of carbonyl (C=O) groups excluding carboxylic acids is 1. The van der Waals surface area contributed by atoms with Crippen molar-refractivity contribution in [1.82, 2.24) is 25.8 Å². The van der Waals surface area contributed by atoms with Crippen molar-refractivity contribution in [3.8, 4) is 0 Å². The van der Waals surface area contributed by atoms with E-state index in [0.29, 0.717) is 6.54 Å². The third-order valence-electron chi connectivity index (χ3n) is 5.08. The number of likely N-dealkylation sites (N-methyl/N-ethyl adjacent to an activating group) is 1. The molecule has 0 aromatic carbocycles. The van der Waals surface area contributed by atoms with Crippen LogP contribution in [0.3, 0.4) is 0 Å². The Morgan fingerprint density at radius 2 is 1.71 bits per heavy atom. The summed E-state index contributed by atoms with van der Waals surface area (Å²) in [5.41, 5.74) is -0.491. The fourth-order valence-electron chi connectivity index (χ4n) is 3.34. The van der Waals surface area contributed by atoms with Crippen LogP contribution in [0.15, 0.2) is 4.99 Å². The quantitative estimate of drug-likeness (QED) is 0.207. The van der Waals surface area contributed by atoms with E-state index >= 15 is 0 Å². The molecular weight excluding hydrogens is 507 g/mol. The van der Waals surface area contributed by atoms with Gasteiger partial charge in [0.1, 0.15) is 5.60 Å². The van der Waals surface area contributed by atoms with Gasteiger partial charge in [-0.2, -0.15) is 0 Å². The summed E-state index contributed by atoms with van der Waals surface area (Å²) in [5, 5.41) is 9.74. The van der Waals surface area contributed by atoms with Crippen LogP contribution in [-0.4, -0.2) is 92.4 Å². The minimum Gasteiger partial charge on any atom is -0.444 e. The zero-order chi connectivity index (χ0) is 22.4. The molecule has 1 unspecified atom stereocenters. The van der Waals surface area contributed by atoms with Crippen LogP contribution in [0, 0.1) is 0 Å². The Morgan fingerprint density at radius 1 is 1.06 bits per heavy atom. The van der Waals surface area contributed by atoms with Crippen LogP contribution in [0.5, 0.6) is 0 Å². The van der Waals surface area contributed by atoms with Gasteiger partial charge in [0.2, 0.25) is 0 Å². The first-order valence-electron chi connectivity index (χ1n) is 11.7. The molecule has 3 N–H and O–H groups in total. The van der Waals surface area contributed by atoms with Crippen LogP contribution in [0.4, 0.5) is 4.79 Å². The number of unbranched alkanes of at least 4 members (excludes halogenated alkanes) is 1. The summed E-state index contributed by atoms with van der Waals surface area (Å²) < 4.78 is 5.36. The molecule has 0 aromatic rings. The lowest BCUT2D eigenvalue weighted by Crippen LogP contribution is -2.49. The Labute approximate surface area is 207 Å². The van der Waals surface area contributed by atoms with Crippen LogP contribution in [0.25, 0.3) is 0 Å². The fraction of sp³-hybridized carbons (Fsp3) is 0.909. The van der Waals surface area contributed by atoms with E-state index in [1.165, 1.54) is 0 Å². The highest BCUT2D eigenvalue weighted by Crippen LogP contribution is 2.07. The molecule has 0 spiro atoms. The molecule has 0 saturated carbocycles. The molecule has 8 nitrogen and oxygen atoms in total. The highest BCUT2D eigenvalue weighted by molar-refractivity contribution is 14.0. The van der Waals surface area contributed by atoms with Crippen LogP contribution in [0.2, 0.25) is 0 Å². The topological polar surface area (TPSA) is 81.2 Å². The Balaban J connectivity index is 0.00000900. The van der Waals surface area contributed by atoms with Gasteiger partial charge in [-0.1, -0.05) is 26.7 Å². The van der Waals surface area contributed by atoms with Crippen molar-refractivity contribution in [2.45, 2.75) is 72.4 Å². The number of rotatable bonds is 11. The molecule has 1 amide bonds. The molecule has 1 fully saturated rings. The summed E-state index contributed by atoms with van der Waals surface area (Å²) in [7, 11) is 0. The van der Waals surface area contributed by atoms with Crippen molar-refractivity contribution < 1.29 is 9.53 Å². The molecule has 0 bridgehead atoms. The van der Waals surface area contributed by atoms with Gasteiger partial charge >= 0.3 is 6.09 Å². The monoisotopic (exact) mass is 554 g/mol. The van der Waals surface area contributed by atoms with E-state index in [1.807, 2.05) is 20.8 Å². The maximum Gasteiger partial charge on any atom is 0.407 e. The number of hydrogen-bond acceptors (Lipinski definition) is 5. The Morgan fingerprint density at radius 3 is 2.26 bits per heavy atom. The van der Waals surface area contributed by atoms with Gasteiger partial charge in [0.05, 0.1) is 6.54 Å². The number of piperazine rings is 1. The average Bonchev–Trinajstić information content (AvgIpc) is 2.69. The third kappa shape index (κ3) is 14.8. The molecular formula is C22H47IN6O2. The van der Waals surface area contributed by atoms with Gasteiger partial charge in [-0.3, -0.25) is 9.89 Å². The largest absolute Gasteiger partial charge is 0.444 e. The van der Waals surface area contributed by atoms with Gasteiger partial charge in [-0.05, 0) is 40.7 Å². The van der Waals surface area contributed by atoms with Crippen LogP contribution >= 0.6 is 24.0 Å². The molecule has 1 heterocycles. The number of ether oxygens (including phenoxy) is 1. The number of nitrogens with zero attached hydrogens (tertiary/aromatic N) is 3. The van der Waals surface area contributed by atoms with Gasteiger partial charge in [-0.15, -0.1) is 24.0 Å². The lowest BCUT2D eigenvalue weighted by molar-refractivity contribution is 0.0522. The second-order valence-electron chi connectivity index (χ2n) is 8.90. The highest BCUT2D eigenvalue weighted by Gasteiger charge is 2.18. The third-order valence-corrected chi connectivity index (χ3v) is 5.08. The zero-order valence-corrected chi connectivity index (χ0v) is 23.0. The first kappa shape index (κ1) is 30.2. The smallest absolute Gasteiger partial charge is 0.407 e. The van der Waals surface area contributed by atoms with Crippen molar-refractivity contribution in [3.63, 3.8) is 0 Å². The van der Waals surface area contributed by atoms with Crippen LogP contribution in [0.1, 0.15) is 60.8 Å². The Kier molecular flexibility index (Phi) is 16.3. The summed E-state index contributed by atoms with van der Waals surface area (Å²) in [4.78, 5) is 21.8. The molecule has 9 heteroatoms. The predicted molar refractivity (Wildman–Crippen MR) is 141 cm³/mol. The van der Waals surface area contributed by atoms with E-state index in [-0.39, 0.29) is 36.1 Å². The van der Waals surface area contributed by atoms with Crippen molar-refractivity contribution >= 4 is 36.0 Å². The van der Waals surface area contributed by atoms with Crippen molar-refractivity contribution in [3.05, 3.63) is 0 Å². The summed E-state index contributed by atoms with van der Waals surface area (Å²) in [6.07, 6.45) is 2.80. The molecule has 0 aliphatic carbocycles. The van der Waals surface area contributed by atoms with Gasteiger partial charge in [0, 0.05) is 51.9 Å². The second-order valence-corrected chi connectivity index (χ2v) is 8.90. The van der Waals surface area contributed by atoms with E-state index in [1.54, 1.807) is 0 Å². The molecule has 0 aromatic heterocycles. The Bertz CT molecular complexity index is 505. The summed E-state index contributed by atoms with van der Waals surface area (Å²) in [6, 6.07) is 0.114. The van der Waals surface area contributed by atoms with Gasteiger partial charge in [0.25, 0.3) is 0 Å². The van der Waals surface area contributed by atoms with Crippen molar-refractivity contribution in [2.75, 3.05) is 58.9 Å².